The molecule has 0 radical (unpaired) electrons. The monoisotopic (exact) mass is 272 g/mol. The van der Waals surface area contributed by atoms with Gasteiger partial charge in [0, 0.05) is 5.56 Å². The molecular weight excluding hydrogens is 260 g/mol. The van der Waals surface area contributed by atoms with E-state index in [4.69, 9.17) is 0 Å². The van der Waals surface area contributed by atoms with Crippen LogP contribution in [0.3, 0.4) is 0 Å². The standard InChI is InChI=1S/C15H12O3S/c16-10-11-5-6-13-8-7-12-3-1-2-4-14(12)19(17,18)15(13)9-11/h1-6,9-10H,7-8H2. The van der Waals surface area contributed by atoms with E-state index in [1.165, 1.54) is 6.07 Å². The van der Waals surface area contributed by atoms with Gasteiger partial charge >= 0.3 is 0 Å². The molecule has 4 heteroatoms. The van der Waals surface area contributed by atoms with Gasteiger partial charge in [0.2, 0.25) is 9.84 Å². The minimum Gasteiger partial charge on any atom is -0.298 e. The third kappa shape index (κ3) is 1.88. The lowest BCUT2D eigenvalue weighted by Gasteiger charge is -2.08. The lowest BCUT2D eigenvalue weighted by atomic mass is 10.0. The van der Waals surface area contributed by atoms with E-state index in [0.717, 1.165) is 11.1 Å². The summed E-state index contributed by atoms with van der Waals surface area (Å²) < 4.78 is 25.3. The number of hydrogen-bond acceptors (Lipinski definition) is 3. The molecule has 0 atom stereocenters. The minimum atomic E-state index is -3.53. The highest BCUT2D eigenvalue weighted by Gasteiger charge is 2.27. The van der Waals surface area contributed by atoms with E-state index in [-0.39, 0.29) is 4.90 Å². The van der Waals surface area contributed by atoms with E-state index in [9.17, 15) is 13.2 Å². The number of fused-ring (bicyclic) bond motifs is 2. The van der Waals surface area contributed by atoms with Gasteiger partial charge < -0.3 is 0 Å². The highest BCUT2D eigenvalue weighted by atomic mass is 32.2. The number of aryl methyl sites for hydroxylation is 2. The molecule has 0 spiro atoms. The van der Waals surface area contributed by atoms with E-state index in [1.807, 2.05) is 12.1 Å². The van der Waals surface area contributed by atoms with Crippen LogP contribution >= 0.6 is 0 Å². The highest BCUT2D eigenvalue weighted by molar-refractivity contribution is 7.91. The summed E-state index contributed by atoms with van der Waals surface area (Å²) >= 11 is 0. The van der Waals surface area contributed by atoms with Gasteiger partial charge in [-0.15, -0.1) is 0 Å². The predicted molar refractivity (Wildman–Crippen MR) is 71.1 cm³/mol. The van der Waals surface area contributed by atoms with E-state index in [0.29, 0.717) is 29.6 Å². The molecule has 0 amide bonds. The van der Waals surface area contributed by atoms with Crippen molar-refractivity contribution < 1.29 is 13.2 Å². The van der Waals surface area contributed by atoms with Crippen LogP contribution in [-0.4, -0.2) is 14.7 Å². The number of carbonyl (C=O) groups is 1. The molecule has 1 aliphatic rings. The van der Waals surface area contributed by atoms with Crippen molar-refractivity contribution in [3.63, 3.8) is 0 Å². The normalized spacial score (nSPS) is 16.0. The van der Waals surface area contributed by atoms with E-state index < -0.39 is 9.84 Å². The summed E-state index contributed by atoms with van der Waals surface area (Å²) in [7, 11) is -3.53. The fraction of sp³-hybridized carbons (Fsp3) is 0.133. The maximum absolute atomic E-state index is 12.7. The Labute approximate surface area is 111 Å². The van der Waals surface area contributed by atoms with Crippen LogP contribution in [0, 0.1) is 0 Å². The maximum Gasteiger partial charge on any atom is 0.207 e. The summed E-state index contributed by atoms with van der Waals surface area (Å²) in [6.07, 6.45) is 2.04. The SMILES string of the molecule is O=Cc1ccc2c(c1)S(=O)(=O)c1ccccc1CC2. The Morgan fingerprint density at radius 3 is 2.32 bits per heavy atom. The third-order valence-corrected chi connectivity index (χ3v) is 5.38. The molecule has 0 saturated heterocycles. The molecule has 0 saturated carbocycles. The fourth-order valence-electron chi connectivity index (χ4n) is 2.46. The van der Waals surface area contributed by atoms with Crippen LogP contribution in [0.25, 0.3) is 0 Å². The lowest BCUT2D eigenvalue weighted by molar-refractivity contribution is 0.112. The van der Waals surface area contributed by atoms with Crippen molar-refractivity contribution in [2.24, 2.45) is 0 Å². The smallest absolute Gasteiger partial charge is 0.207 e. The van der Waals surface area contributed by atoms with Crippen molar-refractivity contribution in [2.75, 3.05) is 0 Å². The molecule has 0 aromatic heterocycles. The van der Waals surface area contributed by atoms with Crippen molar-refractivity contribution >= 4 is 16.1 Å². The van der Waals surface area contributed by atoms with Gasteiger partial charge in [0.15, 0.2) is 0 Å². The van der Waals surface area contributed by atoms with Crippen molar-refractivity contribution in [1.82, 2.24) is 0 Å². The summed E-state index contributed by atoms with van der Waals surface area (Å²) in [6, 6.07) is 11.9. The first-order valence-corrected chi connectivity index (χ1v) is 7.52. The first-order chi connectivity index (χ1) is 9.13. The van der Waals surface area contributed by atoms with Crippen LogP contribution in [0.1, 0.15) is 21.5 Å². The number of aldehydes is 1. The molecule has 0 bridgehead atoms. The number of benzene rings is 2. The Hall–Kier alpha value is -1.94. The summed E-state index contributed by atoms with van der Waals surface area (Å²) in [5, 5.41) is 0. The van der Waals surface area contributed by atoms with Crippen LogP contribution < -0.4 is 0 Å². The predicted octanol–water partition coefficient (Wildman–Crippen LogP) is 2.43. The molecule has 0 unspecified atom stereocenters. The van der Waals surface area contributed by atoms with Gasteiger partial charge in [0.25, 0.3) is 0 Å². The Bertz CT molecular complexity index is 761. The molecule has 0 aliphatic carbocycles. The van der Waals surface area contributed by atoms with Gasteiger partial charge in [0.05, 0.1) is 9.79 Å². The average Bonchev–Trinajstić information content (AvgIpc) is 2.55. The van der Waals surface area contributed by atoms with Gasteiger partial charge in [-0.2, -0.15) is 0 Å². The Kier molecular flexibility index (Phi) is 2.75. The molecule has 3 nitrogen and oxygen atoms in total. The molecule has 0 N–H and O–H groups in total. The average molecular weight is 272 g/mol. The van der Waals surface area contributed by atoms with Crippen molar-refractivity contribution in [3.05, 3.63) is 59.2 Å². The Morgan fingerprint density at radius 2 is 1.58 bits per heavy atom. The molecular formula is C15H12O3S. The first kappa shape index (κ1) is 12.1. The zero-order valence-electron chi connectivity index (χ0n) is 10.2. The summed E-state index contributed by atoms with van der Waals surface area (Å²) in [6.45, 7) is 0. The molecule has 1 heterocycles. The Balaban J connectivity index is 2.33. The largest absolute Gasteiger partial charge is 0.298 e. The quantitative estimate of drug-likeness (QED) is 0.749. The van der Waals surface area contributed by atoms with Gasteiger partial charge in [0.1, 0.15) is 6.29 Å². The van der Waals surface area contributed by atoms with Crippen molar-refractivity contribution in [1.29, 1.82) is 0 Å². The number of sulfone groups is 1. The van der Waals surface area contributed by atoms with Crippen LogP contribution in [0.2, 0.25) is 0 Å². The molecule has 0 fully saturated rings. The van der Waals surface area contributed by atoms with Crippen LogP contribution in [0.15, 0.2) is 52.3 Å². The van der Waals surface area contributed by atoms with Crippen molar-refractivity contribution in [3.8, 4) is 0 Å². The van der Waals surface area contributed by atoms with E-state index in [2.05, 4.69) is 0 Å². The van der Waals surface area contributed by atoms with Crippen LogP contribution in [0.4, 0.5) is 0 Å². The van der Waals surface area contributed by atoms with Gasteiger partial charge in [-0.05, 0) is 36.1 Å². The van der Waals surface area contributed by atoms with Gasteiger partial charge in [-0.25, -0.2) is 8.42 Å². The summed E-state index contributed by atoms with van der Waals surface area (Å²) in [5.74, 6) is 0. The van der Waals surface area contributed by atoms with Crippen molar-refractivity contribution in [2.45, 2.75) is 22.6 Å². The Morgan fingerprint density at radius 1 is 0.895 bits per heavy atom. The fourth-order valence-corrected chi connectivity index (χ4v) is 4.28. The molecule has 19 heavy (non-hydrogen) atoms. The third-order valence-electron chi connectivity index (χ3n) is 3.44. The van der Waals surface area contributed by atoms with Gasteiger partial charge in [-0.1, -0.05) is 30.3 Å². The second kappa shape index (κ2) is 4.31. The first-order valence-electron chi connectivity index (χ1n) is 6.04. The van der Waals surface area contributed by atoms with E-state index in [1.54, 1.807) is 24.3 Å². The number of hydrogen-bond donors (Lipinski definition) is 0. The highest BCUT2D eigenvalue weighted by Crippen LogP contribution is 2.32. The van der Waals surface area contributed by atoms with Crippen LogP contribution in [0.5, 0.6) is 0 Å². The molecule has 2 aromatic carbocycles. The maximum atomic E-state index is 12.7. The second-order valence-electron chi connectivity index (χ2n) is 4.60. The zero-order chi connectivity index (χ0) is 13.5. The lowest BCUT2D eigenvalue weighted by Crippen LogP contribution is -2.05. The number of rotatable bonds is 1. The molecule has 1 aliphatic heterocycles. The molecule has 3 rings (SSSR count). The minimum absolute atomic E-state index is 0.266. The summed E-state index contributed by atoms with van der Waals surface area (Å²) in [5.41, 5.74) is 2.01. The van der Waals surface area contributed by atoms with Crippen LogP contribution in [-0.2, 0) is 22.7 Å². The summed E-state index contributed by atoms with van der Waals surface area (Å²) in [4.78, 5) is 11.5. The molecule has 2 aromatic rings. The number of carbonyl (C=O) groups excluding carboxylic acids is 1. The topological polar surface area (TPSA) is 51.2 Å². The second-order valence-corrected chi connectivity index (χ2v) is 6.48. The van der Waals surface area contributed by atoms with E-state index >= 15 is 0 Å². The zero-order valence-corrected chi connectivity index (χ0v) is 11.0. The molecule has 96 valence electrons. The van der Waals surface area contributed by atoms with Gasteiger partial charge in [-0.3, -0.25) is 4.79 Å².